The topological polar surface area (TPSA) is 29.1 Å². The molecule has 4 heteroatoms. The van der Waals surface area contributed by atoms with Gasteiger partial charge in [-0.05, 0) is 59.0 Å². The lowest BCUT2D eigenvalue weighted by atomic mass is 9.76. The number of hydrogen-bond donors (Lipinski definition) is 1. The van der Waals surface area contributed by atoms with Gasteiger partial charge in [-0.2, -0.15) is 0 Å². The molecule has 0 aliphatic heterocycles. The average Bonchev–Trinajstić information content (AvgIpc) is 2.40. The van der Waals surface area contributed by atoms with E-state index in [0.29, 0.717) is 10.6 Å². The number of hydrogen-bond acceptors (Lipinski definition) is 1. The lowest BCUT2D eigenvalue weighted by molar-refractivity contribution is 0.0919. The smallest absolute Gasteiger partial charge is 0.251 e. The monoisotopic (exact) mass is 391 g/mol. The molecule has 0 heterocycles. The number of halogens is 2. The summed E-state index contributed by atoms with van der Waals surface area (Å²) in [7, 11) is 0. The van der Waals surface area contributed by atoms with Crippen LogP contribution in [0, 0.1) is 8.99 Å². The van der Waals surface area contributed by atoms with Gasteiger partial charge < -0.3 is 5.32 Å². The number of rotatable bonds is 3. The van der Waals surface area contributed by atoms with Gasteiger partial charge in [-0.1, -0.05) is 37.8 Å². The summed E-state index contributed by atoms with van der Waals surface area (Å²) in [5.41, 5.74) is 0.908. The van der Waals surface area contributed by atoms with Crippen LogP contribution in [0.1, 0.15) is 49.4 Å². The van der Waals surface area contributed by atoms with Crippen molar-refractivity contribution in [2.75, 3.05) is 6.54 Å². The second kappa shape index (κ2) is 6.44. The Morgan fingerprint density at radius 2 is 2.05 bits per heavy atom. The molecule has 0 saturated heterocycles. The van der Waals surface area contributed by atoms with E-state index in [2.05, 4.69) is 34.8 Å². The third-order valence-electron chi connectivity index (χ3n) is 3.92. The number of amides is 1. The largest absolute Gasteiger partial charge is 0.351 e. The summed E-state index contributed by atoms with van der Waals surface area (Å²) < 4.78 is 0.968. The van der Waals surface area contributed by atoms with Crippen molar-refractivity contribution in [3.05, 3.63) is 32.4 Å². The Balaban J connectivity index is 1.95. The van der Waals surface area contributed by atoms with Crippen LogP contribution in [0.2, 0.25) is 5.02 Å². The van der Waals surface area contributed by atoms with Crippen molar-refractivity contribution in [3.63, 3.8) is 0 Å². The normalized spacial score (nSPS) is 18.1. The molecule has 2 nitrogen and oxygen atoms in total. The molecule has 19 heavy (non-hydrogen) atoms. The lowest BCUT2D eigenvalue weighted by Gasteiger charge is -2.33. The fraction of sp³-hybridized carbons (Fsp3) is 0.533. The third-order valence-corrected chi connectivity index (χ3v) is 5.49. The first-order chi connectivity index (χ1) is 9.00. The van der Waals surface area contributed by atoms with Crippen LogP contribution in [0.15, 0.2) is 18.2 Å². The Bertz CT molecular complexity index is 469. The number of carbonyl (C=O) groups is 1. The molecular weight excluding hydrogens is 373 g/mol. The molecule has 1 N–H and O–H groups in total. The zero-order valence-corrected chi connectivity index (χ0v) is 14.1. The van der Waals surface area contributed by atoms with Crippen molar-refractivity contribution in [1.29, 1.82) is 0 Å². The van der Waals surface area contributed by atoms with Gasteiger partial charge in [0.2, 0.25) is 0 Å². The van der Waals surface area contributed by atoms with E-state index in [9.17, 15) is 4.79 Å². The van der Waals surface area contributed by atoms with Crippen molar-refractivity contribution in [3.8, 4) is 0 Å². The van der Waals surface area contributed by atoms with E-state index in [-0.39, 0.29) is 11.3 Å². The molecule has 0 spiro atoms. The highest BCUT2D eigenvalue weighted by atomic mass is 127. The van der Waals surface area contributed by atoms with E-state index < -0.39 is 0 Å². The molecule has 1 aromatic carbocycles. The maximum Gasteiger partial charge on any atom is 0.251 e. The molecule has 0 atom stereocenters. The predicted molar refractivity (Wildman–Crippen MR) is 87.7 cm³/mol. The molecule has 0 unspecified atom stereocenters. The zero-order chi connectivity index (χ0) is 13.9. The van der Waals surface area contributed by atoms with Gasteiger partial charge in [-0.15, -0.1) is 0 Å². The fourth-order valence-electron chi connectivity index (χ4n) is 2.62. The highest BCUT2D eigenvalue weighted by Crippen LogP contribution is 2.35. The van der Waals surface area contributed by atoms with Crippen LogP contribution in [-0.4, -0.2) is 12.5 Å². The van der Waals surface area contributed by atoms with E-state index in [1.165, 1.54) is 32.1 Å². The van der Waals surface area contributed by atoms with E-state index >= 15 is 0 Å². The number of nitrogens with one attached hydrogen (secondary N) is 1. The van der Waals surface area contributed by atoms with Gasteiger partial charge in [0.1, 0.15) is 0 Å². The Hall–Kier alpha value is -0.290. The van der Waals surface area contributed by atoms with E-state index in [1.807, 2.05) is 12.1 Å². The minimum Gasteiger partial charge on any atom is -0.351 e. The highest BCUT2D eigenvalue weighted by Gasteiger charge is 2.27. The van der Waals surface area contributed by atoms with Crippen molar-refractivity contribution in [2.45, 2.75) is 39.0 Å². The van der Waals surface area contributed by atoms with E-state index in [4.69, 9.17) is 11.6 Å². The summed E-state index contributed by atoms with van der Waals surface area (Å²) in [6.07, 6.45) is 6.31. The van der Waals surface area contributed by atoms with Crippen LogP contribution in [0.5, 0.6) is 0 Å². The summed E-state index contributed by atoms with van der Waals surface area (Å²) in [5, 5.41) is 3.69. The molecule has 0 bridgehead atoms. The molecule has 1 fully saturated rings. The molecule has 104 valence electrons. The number of carbonyl (C=O) groups excluding carboxylic acids is 1. The summed E-state index contributed by atoms with van der Waals surface area (Å²) in [4.78, 5) is 12.1. The minimum atomic E-state index is -0.0231. The Morgan fingerprint density at radius 3 is 2.68 bits per heavy atom. The molecule has 1 aliphatic carbocycles. The zero-order valence-electron chi connectivity index (χ0n) is 11.1. The van der Waals surface area contributed by atoms with Crippen molar-refractivity contribution >= 4 is 40.1 Å². The van der Waals surface area contributed by atoms with Crippen LogP contribution in [0.25, 0.3) is 0 Å². The predicted octanol–water partition coefficient (Wildman–Crippen LogP) is 4.64. The first-order valence-electron chi connectivity index (χ1n) is 6.73. The molecule has 1 aliphatic rings. The minimum absolute atomic E-state index is 0.0231. The first kappa shape index (κ1) is 15.1. The van der Waals surface area contributed by atoms with Crippen LogP contribution in [-0.2, 0) is 0 Å². The molecule has 1 saturated carbocycles. The average molecular weight is 392 g/mol. The summed E-state index contributed by atoms with van der Waals surface area (Å²) in [6, 6.07) is 5.44. The van der Waals surface area contributed by atoms with E-state index in [1.54, 1.807) is 6.07 Å². The van der Waals surface area contributed by atoms with Gasteiger partial charge in [0, 0.05) is 15.7 Å². The van der Waals surface area contributed by atoms with Crippen LogP contribution < -0.4 is 5.32 Å². The van der Waals surface area contributed by atoms with Gasteiger partial charge in [0.05, 0.1) is 5.02 Å². The molecule has 0 radical (unpaired) electrons. The lowest BCUT2D eigenvalue weighted by Crippen LogP contribution is -2.37. The highest BCUT2D eigenvalue weighted by molar-refractivity contribution is 14.1. The summed E-state index contributed by atoms with van der Waals surface area (Å²) in [5.74, 6) is -0.0231. The van der Waals surface area contributed by atoms with Crippen molar-refractivity contribution < 1.29 is 4.79 Å². The van der Waals surface area contributed by atoms with Crippen LogP contribution in [0.4, 0.5) is 0 Å². The van der Waals surface area contributed by atoms with Crippen LogP contribution in [0.3, 0.4) is 0 Å². The van der Waals surface area contributed by atoms with Crippen LogP contribution >= 0.6 is 34.2 Å². The molecular formula is C15H19ClINO. The molecule has 1 aromatic rings. The third kappa shape index (κ3) is 4.09. The van der Waals surface area contributed by atoms with E-state index in [0.717, 1.165) is 10.1 Å². The Morgan fingerprint density at radius 1 is 1.37 bits per heavy atom. The Kier molecular flexibility index (Phi) is 5.12. The van der Waals surface area contributed by atoms with Gasteiger partial charge in [-0.3, -0.25) is 4.79 Å². The summed E-state index contributed by atoms with van der Waals surface area (Å²) in [6.45, 7) is 3.03. The van der Waals surface area contributed by atoms with Gasteiger partial charge in [-0.25, -0.2) is 0 Å². The fourth-order valence-corrected chi connectivity index (χ4v) is 3.13. The second-order valence-electron chi connectivity index (χ2n) is 5.68. The quantitative estimate of drug-likeness (QED) is 0.747. The van der Waals surface area contributed by atoms with Crippen molar-refractivity contribution in [1.82, 2.24) is 5.32 Å². The van der Waals surface area contributed by atoms with Crippen molar-refractivity contribution in [2.24, 2.45) is 5.41 Å². The van der Waals surface area contributed by atoms with Gasteiger partial charge in [0.25, 0.3) is 5.91 Å². The van der Waals surface area contributed by atoms with Gasteiger partial charge in [0.15, 0.2) is 0 Å². The maximum absolute atomic E-state index is 12.1. The molecule has 0 aromatic heterocycles. The Labute approximate surface area is 133 Å². The van der Waals surface area contributed by atoms with Gasteiger partial charge >= 0.3 is 0 Å². The second-order valence-corrected chi connectivity index (χ2v) is 7.25. The first-order valence-corrected chi connectivity index (χ1v) is 8.19. The maximum atomic E-state index is 12.1. The molecule has 1 amide bonds. The molecule has 2 rings (SSSR count). The summed E-state index contributed by atoms with van der Waals surface area (Å²) >= 11 is 8.21. The number of benzene rings is 1. The SMILES string of the molecule is CC1(CNC(=O)c2ccc(I)c(Cl)c2)CCCCC1. The standard InChI is InChI=1S/C15H19ClINO/c1-15(7-3-2-4-8-15)10-18-14(19)11-5-6-13(17)12(16)9-11/h5-6,9H,2-4,7-8,10H2,1H3,(H,18,19).